The van der Waals surface area contributed by atoms with Crippen LogP contribution in [0, 0.1) is 6.92 Å². The zero-order valence-corrected chi connectivity index (χ0v) is 17.6. The topological polar surface area (TPSA) is 89.2 Å². The molecule has 2 N–H and O–H groups in total. The van der Waals surface area contributed by atoms with E-state index in [1.54, 1.807) is 13.8 Å². The van der Waals surface area contributed by atoms with Crippen LogP contribution < -0.4 is 10.9 Å². The molecule has 0 fully saturated rings. The maximum absolute atomic E-state index is 13.2. The summed E-state index contributed by atoms with van der Waals surface area (Å²) in [7, 11) is 1.92. The molecule has 1 amide bonds. The molecule has 158 valence electrons. The summed E-state index contributed by atoms with van der Waals surface area (Å²) in [4.78, 5) is 30.4. The van der Waals surface area contributed by atoms with Crippen molar-refractivity contribution in [3.63, 3.8) is 0 Å². The van der Waals surface area contributed by atoms with Crippen molar-refractivity contribution < 1.29 is 9.90 Å². The Labute approximate surface area is 179 Å². The molecular weight excluding hydrogens is 392 g/mol. The van der Waals surface area contributed by atoms with Crippen LogP contribution in [0.5, 0.6) is 5.75 Å². The molecule has 2 aromatic carbocycles. The predicted octanol–water partition coefficient (Wildman–Crippen LogP) is 3.22. The van der Waals surface area contributed by atoms with E-state index in [0.29, 0.717) is 11.5 Å². The van der Waals surface area contributed by atoms with Crippen LogP contribution in [0.4, 0.5) is 0 Å². The first-order chi connectivity index (χ1) is 14.9. The molecule has 0 radical (unpaired) electrons. The number of aryl methyl sites for hydroxylation is 2. The van der Waals surface area contributed by atoms with Crippen LogP contribution >= 0.6 is 0 Å². The average Bonchev–Trinajstić information content (AvgIpc) is 3.08. The third-order valence-corrected chi connectivity index (χ3v) is 5.51. The van der Waals surface area contributed by atoms with Crippen molar-refractivity contribution in [2.75, 3.05) is 0 Å². The van der Waals surface area contributed by atoms with Crippen LogP contribution in [0.3, 0.4) is 0 Å². The van der Waals surface area contributed by atoms with Crippen LogP contribution in [0.2, 0.25) is 0 Å². The second kappa shape index (κ2) is 8.10. The fourth-order valence-corrected chi connectivity index (χ4v) is 3.94. The first-order valence-electron chi connectivity index (χ1n) is 10.1. The molecule has 0 unspecified atom stereocenters. The van der Waals surface area contributed by atoms with Gasteiger partial charge in [0.15, 0.2) is 0 Å². The summed E-state index contributed by atoms with van der Waals surface area (Å²) < 4.78 is 3.34. The highest BCUT2D eigenvalue weighted by Crippen LogP contribution is 2.26. The number of hydrogen-bond donors (Lipinski definition) is 2. The standard InChI is InChI=1S/C24H24N4O3/c1-15-13-18(29)14-21(30)28(15)16(2)24(31)26-22(17-9-5-4-6-10-17)23-25-19-11-7-8-12-20(19)27(23)3/h4-14,16,22,29H,1-3H3,(H,26,31)/t16-,22-/m1/s1. The minimum absolute atomic E-state index is 0.117. The molecule has 7 heteroatoms. The minimum Gasteiger partial charge on any atom is -0.508 e. The molecule has 0 spiro atoms. The van der Waals surface area contributed by atoms with Crippen LogP contribution in [0.1, 0.15) is 36.1 Å². The average molecular weight is 416 g/mol. The van der Waals surface area contributed by atoms with E-state index in [1.807, 2.05) is 66.2 Å². The Morgan fingerprint density at radius 1 is 1.06 bits per heavy atom. The summed E-state index contributed by atoms with van der Waals surface area (Å²) in [5.41, 5.74) is 2.77. The number of amides is 1. The zero-order valence-electron chi connectivity index (χ0n) is 17.6. The van der Waals surface area contributed by atoms with Gasteiger partial charge in [-0.1, -0.05) is 42.5 Å². The lowest BCUT2D eigenvalue weighted by atomic mass is 10.1. The third-order valence-electron chi connectivity index (χ3n) is 5.51. The van der Waals surface area contributed by atoms with E-state index in [1.165, 1.54) is 10.6 Å². The molecule has 2 atom stereocenters. The number of nitrogens with zero attached hydrogens (tertiary/aromatic N) is 3. The number of carbonyl (C=O) groups is 1. The monoisotopic (exact) mass is 416 g/mol. The third kappa shape index (κ3) is 3.82. The van der Waals surface area contributed by atoms with E-state index in [9.17, 15) is 14.7 Å². The zero-order chi connectivity index (χ0) is 22.1. The van der Waals surface area contributed by atoms with E-state index in [2.05, 4.69) is 5.32 Å². The number of para-hydroxylation sites is 2. The van der Waals surface area contributed by atoms with Crippen LogP contribution in [-0.2, 0) is 11.8 Å². The van der Waals surface area contributed by atoms with Crippen molar-refractivity contribution in [2.45, 2.75) is 25.9 Å². The number of hydrogen-bond acceptors (Lipinski definition) is 4. The summed E-state index contributed by atoms with van der Waals surface area (Å²) in [6.45, 7) is 3.35. The lowest BCUT2D eigenvalue weighted by molar-refractivity contribution is -0.124. The lowest BCUT2D eigenvalue weighted by Crippen LogP contribution is -2.39. The van der Waals surface area contributed by atoms with Gasteiger partial charge in [0.2, 0.25) is 5.91 Å². The predicted molar refractivity (Wildman–Crippen MR) is 119 cm³/mol. The summed E-state index contributed by atoms with van der Waals surface area (Å²) in [6.07, 6.45) is 0. The van der Waals surface area contributed by atoms with Crippen molar-refractivity contribution >= 4 is 16.9 Å². The molecule has 31 heavy (non-hydrogen) atoms. The Morgan fingerprint density at radius 3 is 2.42 bits per heavy atom. The number of imidazole rings is 1. The number of aromatic nitrogens is 3. The Hall–Kier alpha value is -3.87. The Bertz CT molecular complexity index is 1310. The Morgan fingerprint density at radius 2 is 1.74 bits per heavy atom. The Kier molecular flexibility index (Phi) is 5.33. The van der Waals surface area contributed by atoms with Gasteiger partial charge in [-0.05, 0) is 37.6 Å². The summed E-state index contributed by atoms with van der Waals surface area (Å²) in [5.74, 6) is 0.257. The maximum Gasteiger partial charge on any atom is 0.255 e. The summed E-state index contributed by atoms with van der Waals surface area (Å²) in [5, 5.41) is 12.7. The lowest BCUT2D eigenvalue weighted by Gasteiger charge is -2.23. The molecular formula is C24H24N4O3. The summed E-state index contributed by atoms with van der Waals surface area (Å²) in [6, 6.07) is 18.7. The van der Waals surface area contributed by atoms with Gasteiger partial charge < -0.3 is 19.6 Å². The van der Waals surface area contributed by atoms with E-state index in [-0.39, 0.29) is 11.7 Å². The van der Waals surface area contributed by atoms with E-state index in [0.717, 1.165) is 22.7 Å². The van der Waals surface area contributed by atoms with Crippen molar-refractivity contribution in [2.24, 2.45) is 7.05 Å². The van der Waals surface area contributed by atoms with Crippen LogP contribution in [-0.4, -0.2) is 25.1 Å². The summed E-state index contributed by atoms with van der Waals surface area (Å²) >= 11 is 0. The van der Waals surface area contributed by atoms with Crippen LogP contribution in [0.15, 0.2) is 71.5 Å². The molecule has 4 rings (SSSR count). The van der Waals surface area contributed by atoms with Gasteiger partial charge in [0, 0.05) is 18.8 Å². The highest BCUT2D eigenvalue weighted by molar-refractivity contribution is 5.81. The van der Waals surface area contributed by atoms with Gasteiger partial charge in [0.25, 0.3) is 5.56 Å². The van der Waals surface area contributed by atoms with Gasteiger partial charge >= 0.3 is 0 Å². The van der Waals surface area contributed by atoms with Gasteiger partial charge in [0.05, 0.1) is 11.0 Å². The highest BCUT2D eigenvalue weighted by Gasteiger charge is 2.26. The van der Waals surface area contributed by atoms with E-state index in [4.69, 9.17) is 4.98 Å². The Balaban J connectivity index is 1.74. The molecule has 0 aliphatic heterocycles. The van der Waals surface area contributed by atoms with E-state index >= 15 is 0 Å². The smallest absolute Gasteiger partial charge is 0.255 e. The second-order valence-electron chi connectivity index (χ2n) is 7.61. The van der Waals surface area contributed by atoms with Gasteiger partial charge in [-0.15, -0.1) is 0 Å². The first kappa shape index (κ1) is 20.4. The number of benzene rings is 2. The van der Waals surface area contributed by atoms with Gasteiger partial charge in [-0.3, -0.25) is 9.59 Å². The maximum atomic E-state index is 13.2. The largest absolute Gasteiger partial charge is 0.508 e. The van der Waals surface area contributed by atoms with Gasteiger partial charge in [0.1, 0.15) is 23.7 Å². The molecule has 4 aromatic rings. The van der Waals surface area contributed by atoms with Crippen molar-refractivity contribution in [1.82, 2.24) is 19.4 Å². The number of fused-ring (bicyclic) bond motifs is 1. The number of pyridine rings is 1. The molecule has 0 bridgehead atoms. The van der Waals surface area contributed by atoms with Crippen molar-refractivity contribution in [3.05, 3.63) is 94.2 Å². The fourth-order valence-electron chi connectivity index (χ4n) is 3.94. The normalized spacial score (nSPS) is 13.1. The number of carbonyl (C=O) groups excluding carboxylic acids is 1. The number of nitrogens with one attached hydrogen (secondary N) is 1. The van der Waals surface area contributed by atoms with Crippen LogP contribution in [0.25, 0.3) is 11.0 Å². The number of rotatable bonds is 5. The quantitative estimate of drug-likeness (QED) is 0.523. The second-order valence-corrected chi connectivity index (χ2v) is 7.61. The van der Waals surface area contributed by atoms with E-state index < -0.39 is 17.6 Å². The SMILES string of the molecule is Cc1cc(O)cc(=O)n1[C@H](C)C(=O)N[C@H](c1ccccc1)c1nc2ccccc2n1C. The molecule has 2 heterocycles. The molecule has 7 nitrogen and oxygen atoms in total. The minimum atomic E-state index is -0.769. The molecule has 0 aliphatic carbocycles. The molecule has 2 aromatic heterocycles. The fraction of sp³-hybridized carbons (Fsp3) is 0.208. The molecule has 0 saturated carbocycles. The highest BCUT2D eigenvalue weighted by atomic mass is 16.3. The number of aromatic hydroxyl groups is 1. The first-order valence-corrected chi connectivity index (χ1v) is 10.1. The molecule has 0 saturated heterocycles. The molecule has 0 aliphatic rings. The van der Waals surface area contributed by atoms with Crippen molar-refractivity contribution in [1.29, 1.82) is 0 Å². The van der Waals surface area contributed by atoms with Gasteiger partial charge in [-0.25, -0.2) is 4.98 Å². The van der Waals surface area contributed by atoms with Crippen molar-refractivity contribution in [3.8, 4) is 5.75 Å². The van der Waals surface area contributed by atoms with Gasteiger partial charge in [-0.2, -0.15) is 0 Å².